The Morgan fingerprint density at radius 2 is 2.12 bits per heavy atom. The van der Waals surface area contributed by atoms with Gasteiger partial charge in [0.2, 0.25) is 0 Å². The van der Waals surface area contributed by atoms with Gasteiger partial charge in [-0.1, -0.05) is 6.42 Å². The molecule has 5 nitrogen and oxygen atoms in total. The molecule has 2 aliphatic rings. The third kappa shape index (κ3) is 1.95. The highest BCUT2D eigenvalue weighted by Gasteiger charge is 2.28. The van der Waals surface area contributed by atoms with Gasteiger partial charge in [0.25, 0.3) is 0 Å². The molecule has 0 unspecified atom stereocenters. The summed E-state index contributed by atoms with van der Waals surface area (Å²) in [6.45, 7) is 2.02. The van der Waals surface area contributed by atoms with E-state index in [9.17, 15) is 0 Å². The van der Waals surface area contributed by atoms with Gasteiger partial charge in [0.1, 0.15) is 17.5 Å². The van der Waals surface area contributed by atoms with Gasteiger partial charge in [0, 0.05) is 31.1 Å². The van der Waals surface area contributed by atoms with Crippen LogP contribution >= 0.6 is 0 Å². The zero-order chi connectivity index (χ0) is 11.8. The van der Waals surface area contributed by atoms with Crippen LogP contribution in [0.4, 0.5) is 11.6 Å². The molecule has 1 aliphatic heterocycles. The van der Waals surface area contributed by atoms with Gasteiger partial charge in [-0.2, -0.15) is 0 Å². The molecule has 5 heteroatoms. The summed E-state index contributed by atoms with van der Waals surface area (Å²) in [5, 5.41) is 3.26. The van der Waals surface area contributed by atoms with Gasteiger partial charge in [-0.05, 0) is 19.9 Å². The molecule has 2 heterocycles. The number of nitrogen functional groups attached to an aromatic ring is 1. The van der Waals surface area contributed by atoms with Crippen LogP contribution < -0.4 is 16.0 Å². The lowest BCUT2D eigenvalue weighted by molar-refractivity contribution is 0.399. The maximum Gasteiger partial charge on any atom is 0.136 e. The topological polar surface area (TPSA) is 67.1 Å². The summed E-state index contributed by atoms with van der Waals surface area (Å²) in [4.78, 5) is 11.3. The van der Waals surface area contributed by atoms with Gasteiger partial charge in [0.15, 0.2) is 0 Å². The molecule has 3 rings (SSSR count). The molecule has 1 saturated carbocycles. The highest BCUT2D eigenvalue weighted by Crippen LogP contribution is 2.35. The smallest absolute Gasteiger partial charge is 0.136 e. The lowest BCUT2D eigenvalue weighted by Crippen LogP contribution is -2.57. The molecule has 2 fully saturated rings. The number of nitrogens with one attached hydrogen (secondary N) is 1. The van der Waals surface area contributed by atoms with Crippen LogP contribution in [0.1, 0.15) is 31.0 Å². The predicted molar refractivity (Wildman–Crippen MR) is 68.1 cm³/mol. The van der Waals surface area contributed by atoms with Crippen molar-refractivity contribution in [2.24, 2.45) is 0 Å². The monoisotopic (exact) mass is 233 g/mol. The molecule has 3 N–H and O–H groups in total. The van der Waals surface area contributed by atoms with E-state index in [-0.39, 0.29) is 0 Å². The van der Waals surface area contributed by atoms with E-state index in [1.54, 1.807) is 0 Å². The van der Waals surface area contributed by atoms with E-state index in [4.69, 9.17) is 5.73 Å². The Bertz CT molecular complexity index is 409. The molecule has 1 aromatic heterocycles. The summed E-state index contributed by atoms with van der Waals surface area (Å²) in [6, 6.07) is 2.46. The molecular weight excluding hydrogens is 214 g/mol. The number of nitrogens with two attached hydrogens (primary N) is 1. The minimum Gasteiger partial charge on any atom is -0.384 e. The van der Waals surface area contributed by atoms with Crippen LogP contribution in [0.15, 0.2) is 6.07 Å². The quantitative estimate of drug-likeness (QED) is 0.806. The standard InChI is InChI=1S/C12H19N5/c1-14-9-6-17(7-9)11-5-10(13)15-12(16-11)8-3-2-4-8/h5,8-9,14H,2-4,6-7H2,1H3,(H2,13,15,16). The average Bonchev–Trinajstić information content (AvgIpc) is 2.12. The fourth-order valence-corrected chi connectivity index (χ4v) is 2.33. The van der Waals surface area contributed by atoms with Crippen molar-refractivity contribution in [3.63, 3.8) is 0 Å². The normalized spacial score (nSPS) is 21.1. The van der Waals surface area contributed by atoms with Crippen molar-refractivity contribution in [3.8, 4) is 0 Å². The highest BCUT2D eigenvalue weighted by molar-refractivity contribution is 5.49. The summed E-state index contributed by atoms with van der Waals surface area (Å²) in [7, 11) is 2.00. The summed E-state index contributed by atoms with van der Waals surface area (Å²) in [5.74, 6) is 3.08. The second kappa shape index (κ2) is 4.14. The number of anilines is 2. The fourth-order valence-electron chi connectivity index (χ4n) is 2.33. The first-order valence-corrected chi connectivity index (χ1v) is 6.33. The number of hydrogen-bond donors (Lipinski definition) is 2. The fraction of sp³-hybridized carbons (Fsp3) is 0.667. The Labute approximate surface area is 101 Å². The van der Waals surface area contributed by atoms with Crippen LogP contribution in [0, 0.1) is 0 Å². The maximum absolute atomic E-state index is 5.87. The van der Waals surface area contributed by atoms with Crippen LogP contribution in [0.5, 0.6) is 0 Å². The third-order valence-electron chi connectivity index (χ3n) is 3.83. The molecule has 0 radical (unpaired) electrons. The first-order chi connectivity index (χ1) is 8.26. The number of likely N-dealkylation sites (N-methyl/N-ethyl adjacent to an activating group) is 1. The SMILES string of the molecule is CNC1CN(c2cc(N)nc(C3CCC3)n2)C1. The van der Waals surface area contributed by atoms with Crippen LogP contribution in [0.25, 0.3) is 0 Å². The van der Waals surface area contributed by atoms with Crippen LogP contribution in [0.3, 0.4) is 0 Å². The van der Waals surface area contributed by atoms with E-state index in [1.807, 2.05) is 13.1 Å². The van der Waals surface area contributed by atoms with E-state index in [0.29, 0.717) is 17.8 Å². The Hall–Kier alpha value is -1.36. The molecule has 1 aromatic rings. The van der Waals surface area contributed by atoms with Gasteiger partial charge in [-0.3, -0.25) is 0 Å². The lowest BCUT2D eigenvalue weighted by Gasteiger charge is -2.40. The van der Waals surface area contributed by atoms with Crippen molar-refractivity contribution in [1.82, 2.24) is 15.3 Å². The minimum absolute atomic E-state index is 0.540. The van der Waals surface area contributed by atoms with Gasteiger partial charge >= 0.3 is 0 Å². The predicted octanol–water partition coefficient (Wildman–Crippen LogP) is 0.734. The summed E-state index contributed by atoms with van der Waals surface area (Å²) in [6.07, 6.45) is 3.72. The molecule has 1 saturated heterocycles. The van der Waals surface area contributed by atoms with E-state index >= 15 is 0 Å². The van der Waals surface area contributed by atoms with Crippen molar-refractivity contribution in [1.29, 1.82) is 0 Å². The Morgan fingerprint density at radius 3 is 2.71 bits per heavy atom. The maximum atomic E-state index is 5.87. The van der Waals surface area contributed by atoms with Crippen LogP contribution in [-0.2, 0) is 0 Å². The summed E-state index contributed by atoms with van der Waals surface area (Å²) >= 11 is 0. The van der Waals surface area contributed by atoms with Crippen LogP contribution in [-0.4, -0.2) is 36.1 Å². The zero-order valence-corrected chi connectivity index (χ0v) is 10.2. The Balaban J connectivity index is 1.77. The molecule has 0 amide bonds. The van der Waals surface area contributed by atoms with Crippen molar-refractivity contribution < 1.29 is 0 Å². The van der Waals surface area contributed by atoms with E-state index in [0.717, 1.165) is 24.7 Å². The van der Waals surface area contributed by atoms with Crippen molar-refractivity contribution in [3.05, 3.63) is 11.9 Å². The Morgan fingerprint density at radius 1 is 1.35 bits per heavy atom. The third-order valence-corrected chi connectivity index (χ3v) is 3.83. The van der Waals surface area contributed by atoms with Crippen molar-refractivity contribution >= 4 is 11.6 Å². The van der Waals surface area contributed by atoms with Crippen molar-refractivity contribution in [2.45, 2.75) is 31.2 Å². The van der Waals surface area contributed by atoms with Gasteiger partial charge in [0.05, 0.1) is 0 Å². The van der Waals surface area contributed by atoms with E-state index < -0.39 is 0 Å². The number of aromatic nitrogens is 2. The number of rotatable bonds is 3. The summed E-state index contributed by atoms with van der Waals surface area (Å²) < 4.78 is 0. The first kappa shape index (κ1) is 10.8. The average molecular weight is 233 g/mol. The molecule has 0 spiro atoms. The molecule has 1 aliphatic carbocycles. The molecule has 0 bridgehead atoms. The summed E-state index contributed by atoms with van der Waals surface area (Å²) in [5.41, 5.74) is 5.87. The highest BCUT2D eigenvalue weighted by atomic mass is 15.3. The van der Waals surface area contributed by atoms with Crippen LogP contribution in [0.2, 0.25) is 0 Å². The van der Waals surface area contributed by atoms with Crippen molar-refractivity contribution in [2.75, 3.05) is 30.8 Å². The number of nitrogens with zero attached hydrogens (tertiary/aromatic N) is 3. The molecule has 17 heavy (non-hydrogen) atoms. The lowest BCUT2D eigenvalue weighted by atomic mass is 9.85. The largest absolute Gasteiger partial charge is 0.384 e. The minimum atomic E-state index is 0.540. The van der Waals surface area contributed by atoms with Gasteiger partial charge in [-0.15, -0.1) is 0 Å². The first-order valence-electron chi connectivity index (χ1n) is 6.33. The molecule has 0 atom stereocenters. The van der Waals surface area contributed by atoms with E-state index in [2.05, 4.69) is 20.2 Å². The Kier molecular flexibility index (Phi) is 2.63. The zero-order valence-electron chi connectivity index (χ0n) is 10.2. The molecule has 0 aromatic carbocycles. The second-order valence-corrected chi connectivity index (χ2v) is 5.03. The number of hydrogen-bond acceptors (Lipinski definition) is 5. The van der Waals surface area contributed by atoms with E-state index in [1.165, 1.54) is 19.3 Å². The van der Waals surface area contributed by atoms with Gasteiger partial charge in [-0.25, -0.2) is 9.97 Å². The second-order valence-electron chi connectivity index (χ2n) is 5.03. The van der Waals surface area contributed by atoms with Gasteiger partial charge < -0.3 is 16.0 Å². The molecule has 92 valence electrons. The molecular formula is C12H19N5.